The SMILES string of the molecule is CC(=S)C(CCl)(Oc1ccccc1)Oc1ccccc1. The Kier molecular flexibility index (Phi) is 4.99. The van der Waals surface area contributed by atoms with Gasteiger partial charge < -0.3 is 9.47 Å². The molecule has 0 fully saturated rings. The summed E-state index contributed by atoms with van der Waals surface area (Å²) in [7, 11) is 0. The Labute approximate surface area is 129 Å². The van der Waals surface area contributed by atoms with Crippen LogP contribution < -0.4 is 9.47 Å². The fourth-order valence-electron chi connectivity index (χ4n) is 1.67. The lowest BCUT2D eigenvalue weighted by atomic mass is 10.2. The third-order valence-electron chi connectivity index (χ3n) is 2.76. The largest absolute Gasteiger partial charge is 0.447 e. The topological polar surface area (TPSA) is 18.5 Å². The lowest BCUT2D eigenvalue weighted by molar-refractivity contribution is -0.0305. The quantitative estimate of drug-likeness (QED) is 0.446. The van der Waals surface area contributed by atoms with Crippen LogP contribution in [0.3, 0.4) is 0 Å². The van der Waals surface area contributed by atoms with E-state index < -0.39 is 5.79 Å². The fourth-order valence-corrected chi connectivity index (χ4v) is 2.22. The van der Waals surface area contributed by atoms with E-state index >= 15 is 0 Å². The second kappa shape index (κ2) is 6.73. The van der Waals surface area contributed by atoms with Gasteiger partial charge in [-0.15, -0.1) is 11.6 Å². The van der Waals surface area contributed by atoms with Crippen molar-refractivity contribution in [2.75, 3.05) is 5.88 Å². The van der Waals surface area contributed by atoms with E-state index in [2.05, 4.69) is 0 Å². The maximum absolute atomic E-state index is 6.08. The summed E-state index contributed by atoms with van der Waals surface area (Å²) in [6.45, 7) is 1.77. The predicted octanol–water partition coefficient (Wildman–Crippen LogP) is 4.47. The first-order valence-corrected chi connectivity index (χ1v) is 7.16. The summed E-state index contributed by atoms with van der Waals surface area (Å²) in [5, 5.41) is 0. The van der Waals surface area contributed by atoms with Crippen molar-refractivity contribution in [1.29, 1.82) is 0 Å². The minimum atomic E-state index is -1.15. The first kappa shape index (κ1) is 14.8. The zero-order valence-corrected chi connectivity index (χ0v) is 12.7. The number of hydrogen-bond acceptors (Lipinski definition) is 3. The fraction of sp³-hybridized carbons (Fsp3) is 0.188. The maximum atomic E-state index is 6.08. The third kappa shape index (κ3) is 3.50. The molecule has 2 rings (SSSR count). The highest BCUT2D eigenvalue weighted by Crippen LogP contribution is 2.25. The van der Waals surface area contributed by atoms with Gasteiger partial charge in [-0.25, -0.2) is 0 Å². The van der Waals surface area contributed by atoms with E-state index in [1.54, 1.807) is 6.92 Å². The lowest BCUT2D eigenvalue weighted by Gasteiger charge is -2.32. The first-order chi connectivity index (χ1) is 9.66. The van der Waals surface area contributed by atoms with Gasteiger partial charge in [-0.1, -0.05) is 48.6 Å². The summed E-state index contributed by atoms with van der Waals surface area (Å²) in [5.74, 6) is 0.271. The Morgan fingerprint density at radius 3 is 1.65 bits per heavy atom. The summed E-state index contributed by atoms with van der Waals surface area (Å²) in [4.78, 5) is 0.542. The molecule has 0 aliphatic carbocycles. The minimum absolute atomic E-state index is 0.103. The van der Waals surface area contributed by atoms with Gasteiger partial charge in [0.25, 0.3) is 5.79 Å². The molecule has 104 valence electrons. The van der Waals surface area contributed by atoms with Crippen LogP contribution in [0.25, 0.3) is 0 Å². The molecule has 0 aliphatic heterocycles. The number of alkyl halides is 1. The number of ether oxygens (including phenoxy) is 2. The van der Waals surface area contributed by atoms with Crippen molar-refractivity contribution in [1.82, 2.24) is 0 Å². The van der Waals surface area contributed by atoms with Crippen LogP contribution >= 0.6 is 23.8 Å². The number of halogens is 1. The van der Waals surface area contributed by atoms with E-state index in [1.807, 2.05) is 60.7 Å². The number of benzene rings is 2. The summed E-state index contributed by atoms with van der Waals surface area (Å²) in [6, 6.07) is 18.7. The molecular formula is C16H15ClO2S. The normalized spacial score (nSPS) is 10.9. The molecule has 0 heterocycles. The van der Waals surface area contributed by atoms with Crippen molar-refractivity contribution < 1.29 is 9.47 Å². The van der Waals surface area contributed by atoms with E-state index in [1.165, 1.54) is 0 Å². The van der Waals surface area contributed by atoms with Crippen LogP contribution in [0.2, 0.25) is 0 Å². The number of thiocarbonyl (C=S) groups is 1. The third-order valence-corrected chi connectivity index (χ3v) is 3.43. The summed E-state index contributed by atoms with van der Waals surface area (Å²) < 4.78 is 11.8. The molecule has 0 aliphatic rings. The average Bonchev–Trinajstić information content (AvgIpc) is 2.48. The smallest absolute Gasteiger partial charge is 0.297 e. The highest BCUT2D eigenvalue weighted by atomic mass is 35.5. The molecule has 0 spiro atoms. The zero-order chi connectivity index (χ0) is 14.4. The summed E-state index contributed by atoms with van der Waals surface area (Å²) >= 11 is 11.4. The molecule has 0 aromatic heterocycles. The molecule has 2 nitrogen and oxygen atoms in total. The summed E-state index contributed by atoms with van der Waals surface area (Å²) in [5.41, 5.74) is 0. The van der Waals surface area contributed by atoms with Crippen LogP contribution in [0.15, 0.2) is 60.7 Å². The Bertz CT molecular complexity index is 516. The molecule has 2 aromatic carbocycles. The van der Waals surface area contributed by atoms with Gasteiger partial charge in [-0.05, 0) is 31.2 Å². The average molecular weight is 307 g/mol. The second-order valence-corrected chi connectivity index (χ2v) is 5.15. The molecule has 4 heteroatoms. The lowest BCUT2D eigenvalue weighted by Crippen LogP contribution is -2.50. The standard InChI is InChI=1S/C16H15ClO2S/c1-13(20)16(12-17,18-14-8-4-2-5-9-14)19-15-10-6-3-7-11-15/h2-11H,12H2,1H3. The molecule has 20 heavy (non-hydrogen) atoms. The van der Waals surface area contributed by atoms with Gasteiger partial charge in [0, 0.05) is 0 Å². The van der Waals surface area contributed by atoms with Crippen molar-refractivity contribution in [2.45, 2.75) is 12.7 Å². The number of rotatable bonds is 6. The summed E-state index contributed by atoms with van der Waals surface area (Å²) in [6.07, 6.45) is 0. The molecule has 0 bridgehead atoms. The predicted molar refractivity (Wildman–Crippen MR) is 85.9 cm³/mol. The van der Waals surface area contributed by atoms with Crippen LogP contribution in [0.4, 0.5) is 0 Å². The molecule has 2 aromatic rings. The van der Waals surface area contributed by atoms with Crippen LogP contribution in [0.5, 0.6) is 11.5 Å². The van der Waals surface area contributed by atoms with E-state index in [0.717, 1.165) is 0 Å². The highest BCUT2D eigenvalue weighted by molar-refractivity contribution is 7.80. The van der Waals surface area contributed by atoms with Gasteiger partial charge in [0.1, 0.15) is 17.4 Å². The van der Waals surface area contributed by atoms with Crippen molar-refractivity contribution in [3.63, 3.8) is 0 Å². The maximum Gasteiger partial charge on any atom is 0.297 e. The van der Waals surface area contributed by atoms with Crippen LogP contribution in [-0.4, -0.2) is 16.5 Å². The van der Waals surface area contributed by atoms with Crippen molar-refractivity contribution >= 4 is 28.7 Å². The molecule has 0 radical (unpaired) electrons. The van der Waals surface area contributed by atoms with E-state index in [4.69, 9.17) is 33.3 Å². The molecule has 0 saturated carbocycles. The van der Waals surface area contributed by atoms with Gasteiger partial charge in [0.2, 0.25) is 0 Å². The highest BCUT2D eigenvalue weighted by Gasteiger charge is 2.37. The first-order valence-electron chi connectivity index (χ1n) is 6.21. The second-order valence-electron chi connectivity index (χ2n) is 4.27. The minimum Gasteiger partial charge on any atom is -0.447 e. The van der Waals surface area contributed by atoms with Crippen molar-refractivity contribution in [3.05, 3.63) is 60.7 Å². The van der Waals surface area contributed by atoms with Crippen LogP contribution in [0.1, 0.15) is 6.92 Å². The number of para-hydroxylation sites is 2. The van der Waals surface area contributed by atoms with Gasteiger partial charge in [-0.3, -0.25) is 0 Å². The van der Waals surface area contributed by atoms with Gasteiger partial charge >= 0.3 is 0 Å². The van der Waals surface area contributed by atoms with Crippen molar-refractivity contribution in [2.24, 2.45) is 0 Å². The van der Waals surface area contributed by atoms with Crippen LogP contribution in [-0.2, 0) is 0 Å². The van der Waals surface area contributed by atoms with E-state index in [0.29, 0.717) is 16.4 Å². The van der Waals surface area contributed by atoms with E-state index in [-0.39, 0.29) is 5.88 Å². The monoisotopic (exact) mass is 306 g/mol. The van der Waals surface area contributed by atoms with Crippen LogP contribution in [0, 0.1) is 0 Å². The Hall–Kier alpha value is -1.58. The molecule has 0 atom stereocenters. The molecule has 0 saturated heterocycles. The van der Waals surface area contributed by atoms with Crippen molar-refractivity contribution in [3.8, 4) is 11.5 Å². The number of hydrogen-bond donors (Lipinski definition) is 0. The molecular weight excluding hydrogens is 292 g/mol. The molecule has 0 N–H and O–H groups in total. The molecule has 0 amide bonds. The van der Waals surface area contributed by atoms with Gasteiger partial charge in [0.15, 0.2) is 0 Å². The molecule has 0 unspecified atom stereocenters. The zero-order valence-electron chi connectivity index (χ0n) is 11.1. The Morgan fingerprint density at radius 2 is 1.35 bits per heavy atom. The Balaban J connectivity index is 2.28. The van der Waals surface area contributed by atoms with E-state index in [9.17, 15) is 0 Å². The Morgan fingerprint density at radius 1 is 0.950 bits per heavy atom. The van der Waals surface area contributed by atoms with Gasteiger partial charge in [-0.2, -0.15) is 0 Å². The van der Waals surface area contributed by atoms with Gasteiger partial charge in [0.05, 0.1) is 4.86 Å².